The van der Waals surface area contributed by atoms with Gasteiger partial charge in [-0.25, -0.2) is 8.78 Å². The first-order valence-corrected chi connectivity index (χ1v) is 7.82. The van der Waals surface area contributed by atoms with Gasteiger partial charge in [0.1, 0.15) is 12.2 Å². The molecule has 2 aromatic rings. The number of rotatable bonds is 6. The summed E-state index contributed by atoms with van der Waals surface area (Å²) >= 11 is 5.93. The molecule has 1 aliphatic carbocycles. The average Bonchev–Trinajstić information content (AvgIpc) is 3.30. The van der Waals surface area contributed by atoms with Gasteiger partial charge < -0.3 is 5.32 Å². The lowest BCUT2D eigenvalue weighted by molar-refractivity contribution is -0.384. The van der Waals surface area contributed by atoms with Crippen LogP contribution in [0.5, 0.6) is 0 Å². The fraction of sp³-hybridized carbons (Fsp3) is 0.333. The number of nitro benzene ring substituents is 1. The van der Waals surface area contributed by atoms with Gasteiger partial charge in [0.15, 0.2) is 0 Å². The van der Waals surface area contributed by atoms with Gasteiger partial charge in [0.25, 0.3) is 12.1 Å². The minimum Gasteiger partial charge on any atom is -0.323 e. The summed E-state index contributed by atoms with van der Waals surface area (Å²) in [5, 5.41) is 17.2. The Morgan fingerprint density at radius 2 is 2.16 bits per heavy atom. The Balaban J connectivity index is 1.77. The largest absolute Gasteiger partial charge is 0.323 e. The Bertz CT molecular complexity index is 836. The summed E-state index contributed by atoms with van der Waals surface area (Å²) in [5.74, 6) is -0.428. The van der Waals surface area contributed by atoms with Gasteiger partial charge in [0.2, 0.25) is 5.91 Å². The number of carbonyl (C=O) groups is 1. The number of alkyl halides is 2. The minimum absolute atomic E-state index is 0.0788. The average molecular weight is 371 g/mol. The number of aromatic nitrogens is 2. The van der Waals surface area contributed by atoms with Gasteiger partial charge in [-0.1, -0.05) is 11.6 Å². The van der Waals surface area contributed by atoms with Crippen molar-refractivity contribution in [3.05, 3.63) is 50.8 Å². The lowest BCUT2D eigenvalue weighted by Gasteiger charge is -2.09. The van der Waals surface area contributed by atoms with Gasteiger partial charge in [0, 0.05) is 23.7 Å². The highest BCUT2D eigenvalue weighted by Gasteiger charge is 2.30. The lowest BCUT2D eigenvalue weighted by Crippen LogP contribution is -2.21. The molecule has 1 heterocycles. The summed E-state index contributed by atoms with van der Waals surface area (Å²) in [6.45, 7) is -0.280. The standard InChI is InChI=1S/C15H13ClF2N4O3/c16-10-4-3-9(22(24)25)5-11(10)19-14(23)7-21-13(8-1-2-8)6-12(20-21)15(17)18/h3-6,8,15H,1-2,7H2,(H,19,23). The van der Waals surface area contributed by atoms with Crippen LogP contribution in [-0.2, 0) is 11.3 Å². The van der Waals surface area contributed by atoms with E-state index in [-0.39, 0.29) is 34.6 Å². The molecule has 25 heavy (non-hydrogen) atoms. The second-order valence-electron chi connectivity index (χ2n) is 5.70. The molecule has 10 heteroatoms. The monoisotopic (exact) mass is 370 g/mol. The maximum Gasteiger partial charge on any atom is 0.282 e. The molecule has 1 amide bonds. The lowest BCUT2D eigenvalue weighted by atomic mass is 10.2. The summed E-state index contributed by atoms with van der Waals surface area (Å²) in [6, 6.07) is 4.96. The zero-order chi connectivity index (χ0) is 18.1. The van der Waals surface area contributed by atoms with Crippen LogP contribution in [0.4, 0.5) is 20.2 Å². The molecule has 0 spiro atoms. The van der Waals surface area contributed by atoms with Gasteiger partial charge in [-0.05, 0) is 25.0 Å². The maximum absolute atomic E-state index is 12.8. The number of non-ortho nitro benzene ring substituents is 1. The molecular formula is C15H13ClF2N4O3. The molecule has 1 fully saturated rings. The molecule has 0 unspecified atom stereocenters. The second kappa shape index (κ2) is 6.75. The number of nitro groups is 1. The fourth-order valence-corrected chi connectivity index (χ4v) is 2.61. The maximum atomic E-state index is 12.8. The number of halogens is 3. The van der Waals surface area contributed by atoms with E-state index in [4.69, 9.17) is 11.6 Å². The minimum atomic E-state index is -2.71. The third kappa shape index (κ3) is 3.93. The summed E-state index contributed by atoms with van der Waals surface area (Å²) in [7, 11) is 0. The van der Waals surface area contributed by atoms with Crippen molar-refractivity contribution >= 4 is 28.9 Å². The normalized spacial score (nSPS) is 13.9. The highest BCUT2D eigenvalue weighted by molar-refractivity contribution is 6.33. The number of hydrogen-bond donors (Lipinski definition) is 1. The van der Waals surface area contributed by atoms with E-state index in [1.807, 2.05) is 0 Å². The first kappa shape index (κ1) is 17.3. The topological polar surface area (TPSA) is 90.1 Å². The van der Waals surface area contributed by atoms with E-state index >= 15 is 0 Å². The van der Waals surface area contributed by atoms with E-state index in [1.165, 1.54) is 22.9 Å². The van der Waals surface area contributed by atoms with Gasteiger partial charge >= 0.3 is 0 Å². The molecule has 0 atom stereocenters. The van der Waals surface area contributed by atoms with Gasteiger partial charge in [-0.15, -0.1) is 0 Å². The molecule has 7 nitrogen and oxygen atoms in total. The van der Waals surface area contributed by atoms with Crippen LogP contribution in [0.25, 0.3) is 0 Å². The molecule has 0 saturated heterocycles. The number of anilines is 1. The van der Waals surface area contributed by atoms with Crippen molar-refractivity contribution in [2.75, 3.05) is 5.32 Å². The van der Waals surface area contributed by atoms with Crippen LogP contribution in [0.1, 0.15) is 36.6 Å². The molecule has 1 aromatic carbocycles. The predicted octanol–water partition coefficient (Wildman–Crippen LogP) is 3.90. The zero-order valence-electron chi connectivity index (χ0n) is 12.8. The van der Waals surface area contributed by atoms with Crippen LogP contribution in [0.15, 0.2) is 24.3 Å². The molecule has 132 valence electrons. The molecule has 1 aromatic heterocycles. The molecule has 3 rings (SSSR count). The first-order chi connectivity index (χ1) is 11.8. The first-order valence-electron chi connectivity index (χ1n) is 7.44. The zero-order valence-corrected chi connectivity index (χ0v) is 13.5. The second-order valence-corrected chi connectivity index (χ2v) is 6.10. The van der Waals surface area contributed by atoms with Crippen molar-refractivity contribution in [2.45, 2.75) is 31.7 Å². The summed E-state index contributed by atoms with van der Waals surface area (Å²) in [4.78, 5) is 22.4. The molecule has 0 bridgehead atoms. The SMILES string of the molecule is O=C(Cn1nc(C(F)F)cc1C1CC1)Nc1cc([N+](=O)[O-])ccc1Cl. The molecule has 0 radical (unpaired) electrons. The molecule has 0 aliphatic heterocycles. The van der Waals surface area contributed by atoms with Crippen LogP contribution in [0, 0.1) is 10.1 Å². The molecular weight excluding hydrogens is 358 g/mol. The van der Waals surface area contributed by atoms with Crippen LogP contribution < -0.4 is 5.32 Å². The summed E-state index contributed by atoms with van der Waals surface area (Å²) in [5.41, 5.74) is 0.0752. The Kier molecular flexibility index (Phi) is 4.67. The van der Waals surface area contributed by atoms with Gasteiger partial charge in [-0.3, -0.25) is 19.6 Å². The Labute approximate surface area is 145 Å². The van der Waals surface area contributed by atoms with Gasteiger partial charge in [0.05, 0.1) is 15.6 Å². The van der Waals surface area contributed by atoms with Crippen LogP contribution in [0.3, 0.4) is 0 Å². The fourth-order valence-electron chi connectivity index (χ4n) is 2.44. The number of nitrogens with zero attached hydrogens (tertiary/aromatic N) is 3. The molecule has 1 saturated carbocycles. The predicted molar refractivity (Wildman–Crippen MR) is 85.9 cm³/mol. The quantitative estimate of drug-likeness (QED) is 0.616. The van der Waals surface area contributed by atoms with E-state index in [0.29, 0.717) is 5.69 Å². The third-order valence-corrected chi connectivity index (χ3v) is 4.11. The number of amides is 1. The molecule has 1 aliphatic rings. The van der Waals surface area contributed by atoms with Crippen molar-refractivity contribution in [3.8, 4) is 0 Å². The summed E-state index contributed by atoms with van der Waals surface area (Å²) in [6.07, 6.45) is -0.979. The van der Waals surface area contributed by atoms with Crippen molar-refractivity contribution in [3.63, 3.8) is 0 Å². The van der Waals surface area contributed by atoms with Crippen molar-refractivity contribution < 1.29 is 18.5 Å². The van der Waals surface area contributed by atoms with Crippen LogP contribution in [-0.4, -0.2) is 20.6 Å². The van der Waals surface area contributed by atoms with Crippen molar-refractivity contribution in [2.24, 2.45) is 0 Å². The van der Waals surface area contributed by atoms with Crippen LogP contribution in [0.2, 0.25) is 5.02 Å². The summed E-state index contributed by atoms with van der Waals surface area (Å²) < 4.78 is 26.9. The third-order valence-electron chi connectivity index (χ3n) is 3.78. The van der Waals surface area contributed by atoms with E-state index in [9.17, 15) is 23.7 Å². The Morgan fingerprint density at radius 3 is 2.76 bits per heavy atom. The Hall–Kier alpha value is -2.55. The molecule has 1 N–H and O–H groups in total. The van der Waals surface area contributed by atoms with Crippen molar-refractivity contribution in [1.82, 2.24) is 9.78 Å². The highest BCUT2D eigenvalue weighted by atomic mass is 35.5. The van der Waals surface area contributed by atoms with E-state index < -0.39 is 17.3 Å². The highest BCUT2D eigenvalue weighted by Crippen LogP contribution is 2.41. The van der Waals surface area contributed by atoms with E-state index in [0.717, 1.165) is 18.9 Å². The van der Waals surface area contributed by atoms with Gasteiger partial charge in [-0.2, -0.15) is 5.10 Å². The number of hydrogen-bond acceptors (Lipinski definition) is 4. The van der Waals surface area contributed by atoms with Crippen LogP contribution >= 0.6 is 11.6 Å². The number of benzene rings is 1. The smallest absolute Gasteiger partial charge is 0.282 e. The van der Waals surface area contributed by atoms with E-state index in [2.05, 4.69) is 10.4 Å². The Morgan fingerprint density at radius 1 is 1.44 bits per heavy atom. The van der Waals surface area contributed by atoms with E-state index in [1.54, 1.807) is 0 Å². The number of nitrogens with one attached hydrogen (secondary N) is 1. The number of carbonyl (C=O) groups excluding carboxylic acids is 1. The van der Waals surface area contributed by atoms with Crippen molar-refractivity contribution in [1.29, 1.82) is 0 Å².